The number of amides is 1. The fourth-order valence-corrected chi connectivity index (χ4v) is 2.79. The lowest BCUT2D eigenvalue weighted by Crippen LogP contribution is -2.18. The van der Waals surface area contributed by atoms with Crippen LogP contribution >= 0.6 is 0 Å². The highest BCUT2D eigenvalue weighted by Crippen LogP contribution is 2.32. The lowest BCUT2D eigenvalue weighted by molar-refractivity contribution is -0.137. The van der Waals surface area contributed by atoms with Crippen LogP contribution in [0.25, 0.3) is 0 Å². The lowest BCUT2D eigenvalue weighted by Gasteiger charge is -2.12. The number of esters is 1. The van der Waals surface area contributed by atoms with E-state index in [4.69, 9.17) is 0 Å². The Bertz CT molecular complexity index is 1190. The number of anilines is 1. The van der Waals surface area contributed by atoms with Gasteiger partial charge in [-0.3, -0.25) is 4.79 Å². The van der Waals surface area contributed by atoms with Crippen molar-refractivity contribution < 1.29 is 27.5 Å². The highest BCUT2D eigenvalue weighted by molar-refractivity contribution is 6.05. The molecule has 0 heterocycles. The molecule has 0 fully saturated rings. The van der Waals surface area contributed by atoms with Crippen molar-refractivity contribution in [3.63, 3.8) is 0 Å². The Morgan fingerprint density at radius 2 is 1.52 bits per heavy atom. The van der Waals surface area contributed by atoms with Gasteiger partial charge in [-0.15, -0.1) is 0 Å². The van der Waals surface area contributed by atoms with Crippen molar-refractivity contribution in [1.29, 1.82) is 0 Å². The number of carbonyl (C=O) groups is 2. The highest BCUT2D eigenvalue weighted by atomic mass is 19.4. The second kappa shape index (κ2) is 9.18. The smallest absolute Gasteiger partial charge is 0.417 e. The quantitative estimate of drug-likeness (QED) is 0.469. The van der Waals surface area contributed by atoms with E-state index in [1.807, 2.05) is 0 Å². The van der Waals surface area contributed by atoms with Crippen molar-refractivity contribution in [1.82, 2.24) is 0 Å². The summed E-state index contributed by atoms with van der Waals surface area (Å²) in [6.45, 7) is 0. The summed E-state index contributed by atoms with van der Waals surface area (Å²) in [6.07, 6.45) is -4.64. The minimum atomic E-state index is -4.64. The zero-order valence-corrected chi connectivity index (χ0v) is 16.3. The van der Waals surface area contributed by atoms with E-state index in [-0.39, 0.29) is 0 Å². The maximum atomic E-state index is 13.1. The molecule has 0 radical (unpaired) electrons. The van der Waals surface area contributed by atoms with Crippen LogP contribution in [0.4, 0.5) is 18.9 Å². The first kappa shape index (κ1) is 21.7. The summed E-state index contributed by atoms with van der Waals surface area (Å²) in [5, 5.41) is 2.47. The van der Waals surface area contributed by atoms with E-state index in [1.165, 1.54) is 19.2 Å². The summed E-state index contributed by atoms with van der Waals surface area (Å²) >= 11 is 0. The molecule has 3 aromatic carbocycles. The predicted octanol–water partition coefficient (Wildman–Crippen LogP) is 5.14. The fraction of sp³-hybridized carbons (Fsp3) is 0.0833. The molecule has 0 atom stereocenters. The van der Waals surface area contributed by atoms with Gasteiger partial charge in [-0.2, -0.15) is 13.2 Å². The number of hydrogen-bond acceptors (Lipinski definition) is 3. The van der Waals surface area contributed by atoms with Crippen LogP contribution in [0.5, 0.6) is 0 Å². The summed E-state index contributed by atoms with van der Waals surface area (Å²) in [7, 11) is 1.29. The van der Waals surface area contributed by atoms with Gasteiger partial charge in [-0.25, -0.2) is 4.79 Å². The predicted molar refractivity (Wildman–Crippen MR) is 110 cm³/mol. The summed E-state index contributed by atoms with van der Waals surface area (Å²) in [5.41, 5.74) is 0.303. The minimum absolute atomic E-state index is 0.303. The van der Waals surface area contributed by atoms with Gasteiger partial charge in [0, 0.05) is 16.8 Å². The number of rotatable bonds is 3. The zero-order valence-electron chi connectivity index (χ0n) is 16.3. The maximum Gasteiger partial charge on any atom is 0.417 e. The van der Waals surface area contributed by atoms with Gasteiger partial charge in [0.05, 0.1) is 23.8 Å². The molecule has 4 nitrogen and oxygen atoms in total. The van der Waals surface area contributed by atoms with Crippen LogP contribution < -0.4 is 5.32 Å². The lowest BCUT2D eigenvalue weighted by atomic mass is 10.1. The van der Waals surface area contributed by atoms with Gasteiger partial charge >= 0.3 is 12.1 Å². The molecule has 0 saturated heterocycles. The van der Waals surface area contributed by atoms with Crippen molar-refractivity contribution in [2.45, 2.75) is 6.18 Å². The van der Waals surface area contributed by atoms with Crippen LogP contribution in [0.1, 0.15) is 37.4 Å². The normalized spacial score (nSPS) is 10.6. The molecule has 0 aliphatic carbocycles. The van der Waals surface area contributed by atoms with E-state index in [1.54, 1.807) is 48.5 Å². The van der Waals surface area contributed by atoms with Crippen molar-refractivity contribution in [3.05, 3.63) is 101 Å². The average molecular weight is 423 g/mol. The number of benzene rings is 3. The van der Waals surface area contributed by atoms with Gasteiger partial charge in [-0.05, 0) is 48.5 Å². The summed E-state index contributed by atoms with van der Waals surface area (Å²) in [6, 6.07) is 17.6. The molecule has 156 valence electrons. The van der Waals surface area contributed by atoms with E-state index in [0.717, 1.165) is 12.1 Å². The van der Waals surface area contributed by atoms with Crippen molar-refractivity contribution >= 4 is 17.6 Å². The molecule has 0 aliphatic heterocycles. The molecule has 7 heteroatoms. The summed E-state index contributed by atoms with van der Waals surface area (Å²) in [5.74, 6) is 4.45. The number of hydrogen-bond donors (Lipinski definition) is 1. The molecule has 1 N–H and O–H groups in total. The molecular weight excluding hydrogens is 407 g/mol. The molecule has 0 unspecified atom stereocenters. The maximum absolute atomic E-state index is 13.1. The monoisotopic (exact) mass is 423 g/mol. The van der Waals surface area contributed by atoms with Crippen molar-refractivity contribution in [2.24, 2.45) is 0 Å². The van der Waals surface area contributed by atoms with Gasteiger partial charge in [0.15, 0.2) is 0 Å². The Morgan fingerprint density at radius 3 is 2.19 bits per heavy atom. The van der Waals surface area contributed by atoms with Crippen LogP contribution in [0.2, 0.25) is 0 Å². The number of carbonyl (C=O) groups excluding carboxylic acids is 2. The highest BCUT2D eigenvalue weighted by Gasteiger charge is 2.34. The second-order valence-electron chi connectivity index (χ2n) is 6.40. The van der Waals surface area contributed by atoms with Gasteiger partial charge < -0.3 is 10.1 Å². The van der Waals surface area contributed by atoms with Crippen molar-refractivity contribution in [2.75, 3.05) is 12.4 Å². The number of ether oxygens (including phenoxy) is 1. The second-order valence-corrected chi connectivity index (χ2v) is 6.40. The Kier molecular flexibility index (Phi) is 6.41. The first-order chi connectivity index (χ1) is 14.8. The van der Waals surface area contributed by atoms with Crippen LogP contribution in [0.15, 0.2) is 72.8 Å². The molecule has 3 aromatic rings. The number of alkyl halides is 3. The third kappa shape index (κ3) is 5.52. The van der Waals surface area contributed by atoms with Gasteiger partial charge in [-0.1, -0.05) is 36.1 Å². The van der Waals surface area contributed by atoms with Gasteiger partial charge in [0.1, 0.15) is 0 Å². The fourth-order valence-electron chi connectivity index (χ4n) is 2.79. The third-order valence-corrected chi connectivity index (χ3v) is 4.23. The van der Waals surface area contributed by atoms with Crippen molar-refractivity contribution in [3.8, 4) is 11.8 Å². The van der Waals surface area contributed by atoms with Crippen LogP contribution in [0, 0.1) is 11.8 Å². The first-order valence-electron chi connectivity index (χ1n) is 9.06. The minimum Gasteiger partial charge on any atom is -0.465 e. The summed E-state index contributed by atoms with van der Waals surface area (Å²) in [4.78, 5) is 24.0. The van der Waals surface area contributed by atoms with E-state index < -0.39 is 29.2 Å². The van der Waals surface area contributed by atoms with E-state index in [2.05, 4.69) is 21.9 Å². The molecule has 3 rings (SSSR count). The molecule has 0 aromatic heterocycles. The molecule has 31 heavy (non-hydrogen) atoms. The molecular formula is C24H16F3NO3. The summed E-state index contributed by atoms with van der Waals surface area (Å²) < 4.78 is 44.1. The molecule has 0 spiro atoms. The topological polar surface area (TPSA) is 55.4 Å². The molecule has 0 aliphatic rings. The average Bonchev–Trinajstić information content (AvgIpc) is 2.77. The number of nitrogens with one attached hydrogen (secondary N) is 1. The third-order valence-electron chi connectivity index (χ3n) is 4.23. The van der Waals surface area contributed by atoms with E-state index in [9.17, 15) is 22.8 Å². The number of halogens is 3. The SMILES string of the molecule is COC(=O)c1cccc(C#Cc2cccc(NC(=O)c3ccccc3C(F)(F)F)c2)c1. The van der Waals surface area contributed by atoms with E-state index in [0.29, 0.717) is 22.4 Å². The standard InChI is InChI=1S/C24H16F3NO3/c1-31-23(30)18-8-4-6-16(14-18)12-13-17-7-5-9-19(15-17)28-22(29)20-10-2-3-11-21(20)24(25,26)27/h2-11,14-15H,1H3,(H,28,29). The van der Waals surface area contributed by atoms with Crippen LogP contribution in [-0.4, -0.2) is 19.0 Å². The Labute approximate surface area is 176 Å². The Balaban J connectivity index is 1.81. The molecule has 0 bridgehead atoms. The Hall–Kier alpha value is -4.05. The zero-order chi connectivity index (χ0) is 22.4. The largest absolute Gasteiger partial charge is 0.465 e. The van der Waals surface area contributed by atoms with Gasteiger partial charge in [0.2, 0.25) is 0 Å². The molecule has 1 amide bonds. The first-order valence-corrected chi connectivity index (χ1v) is 9.06. The Morgan fingerprint density at radius 1 is 0.871 bits per heavy atom. The van der Waals surface area contributed by atoms with Crippen LogP contribution in [0.3, 0.4) is 0 Å². The van der Waals surface area contributed by atoms with Crippen LogP contribution in [-0.2, 0) is 10.9 Å². The molecule has 0 saturated carbocycles. The number of methoxy groups -OCH3 is 1. The van der Waals surface area contributed by atoms with E-state index >= 15 is 0 Å². The van der Waals surface area contributed by atoms with Gasteiger partial charge in [0.25, 0.3) is 5.91 Å².